The maximum Gasteiger partial charge on any atom is 0.260 e. The third-order valence-corrected chi connectivity index (χ3v) is 7.41. The van der Waals surface area contributed by atoms with Crippen molar-refractivity contribution in [2.75, 3.05) is 26.2 Å². The summed E-state index contributed by atoms with van der Waals surface area (Å²) in [5.74, 6) is 0.848. The van der Waals surface area contributed by atoms with Crippen molar-refractivity contribution in [3.8, 4) is 28.4 Å². The first-order valence-corrected chi connectivity index (χ1v) is 14.9. The van der Waals surface area contributed by atoms with E-state index in [2.05, 4.69) is 20.8 Å². The summed E-state index contributed by atoms with van der Waals surface area (Å²) in [5, 5.41) is 10.00. The molecule has 4 aromatic rings. The Kier molecular flexibility index (Phi) is 9.73. The van der Waals surface area contributed by atoms with Gasteiger partial charge in [-0.25, -0.2) is 4.98 Å². The molecule has 2 aromatic heterocycles. The first kappa shape index (κ1) is 30.5. The maximum atomic E-state index is 14.0. The lowest BCUT2D eigenvalue weighted by molar-refractivity contribution is -0.129. The van der Waals surface area contributed by atoms with Crippen molar-refractivity contribution < 1.29 is 23.6 Å². The van der Waals surface area contributed by atoms with Crippen LogP contribution in [0.25, 0.3) is 22.6 Å². The number of nitrogens with zero attached hydrogens (tertiary/aromatic N) is 4. The summed E-state index contributed by atoms with van der Waals surface area (Å²) in [7, 11) is 0. The van der Waals surface area contributed by atoms with Gasteiger partial charge in [-0.05, 0) is 37.8 Å². The van der Waals surface area contributed by atoms with Gasteiger partial charge in [0.2, 0.25) is 11.8 Å². The lowest BCUT2D eigenvalue weighted by Crippen LogP contribution is -2.51. The summed E-state index contributed by atoms with van der Waals surface area (Å²) >= 11 is 0. The first-order chi connectivity index (χ1) is 21.3. The fraction of sp³-hybridized carbons (Fsp3) is 0.364. The molecule has 230 valence electrons. The van der Waals surface area contributed by atoms with Crippen LogP contribution in [-0.4, -0.2) is 69.6 Å². The largest absolute Gasteiger partial charge is 0.494 e. The molecule has 0 saturated heterocycles. The van der Waals surface area contributed by atoms with Gasteiger partial charge < -0.3 is 29.4 Å². The minimum absolute atomic E-state index is 0.152. The van der Waals surface area contributed by atoms with E-state index in [1.807, 2.05) is 79.2 Å². The number of fused-ring (bicyclic) bond motifs is 4. The normalized spacial score (nSPS) is 16.7. The Morgan fingerprint density at radius 1 is 1.07 bits per heavy atom. The average molecular weight is 599 g/mol. The lowest BCUT2D eigenvalue weighted by Gasteiger charge is -2.25. The number of amides is 3. The van der Waals surface area contributed by atoms with Crippen LogP contribution in [0.15, 0.2) is 71.5 Å². The van der Waals surface area contributed by atoms with E-state index < -0.39 is 11.9 Å². The molecule has 44 heavy (non-hydrogen) atoms. The van der Waals surface area contributed by atoms with E-state index in [9.17, 15) is 14.4 Å². The van der Waals surface area contributed by atoms with Crippen molar-refractivity contribution in [1.82, 2.24) is 30.2 Å². The van der Waals surface area contributed by atoms with Gasteiger partial charge in [0.05, 0.1) is 13.2 Å². The molecule has 2 aromatic carbocycles. The predicted octanol–water partition coefficient (Wildman–Crippen LogP) is 4.09. The van der Waals surface area contributed by atoms with Crippen molar-refractivity contribution in [2.45, 2.75) is 46.2 Å². The van der Waals surface area contributed by atoms with Crippen molar-refractivity contribution in [1.29, 1.82) is 0 Å². The van der Waals surface area contributed by atoms with Crippen molar-refractivity contribution in [3.05, 3.63) is 78.3 Å². The van der Waals surface area contributed by atoms with Gasteiger partial charge >= 0.3 is 0 Å². The topological polar surface area (TPSA) is 132 Å². The number of carbonyl (C=O) groups is 3. The zero-order valence-corrected chi connectivity index (χ0v) is 25.3. The monoisotopic (exact) mass is 598 g/mol. The van der Waals surface area contributed by atoms with Crippen LogP contribution in [0.5, 0.6) is 5.75 Å². The highest BCUT2D eigenvalue weighted by Gasteiger charge is 2.29. The van der Waals surface area contributed by atoms with Crippen LogP contribution in [0.1, 0.15) is 42.8 Å². The van der Waals surface area contributed by atoms with Gasteiger partial charge in [-0.2, -0.15) is 0 Å². The van der Waals surface area contributed by atoms with Gasteiger partial charge in [-0.1, -0.05) is 61.5 Å². The van der Waals surface area contributed by atoms with Crippen LogP contribution in [-0.2, 0) is 16.1 Å². The molecule has 0 radical (unpaired) electrons. The molecule has 11 nitrogen and oxygen atoms in total. The standard InChI is InChI=1S/C33H38N6O5/c1-22(2)19-27-32(41)35-14-17-38-16-13-34-31(38)25-11-7-12-26(20-25)43-18-8-15-39(21-28(40)36-27)33(42)29-23(3)44-37-30(29)24-9-5-4-6-10-24/h4-7,9-13,16,20,22,27H,8,14-15,17-19,21H2,1-3H3,(H,35,41)(H,36,40)/t27-/m1/s1. The fourth-order valence-electron chi connectivity index (χ4n) is 5.29. The van der Waals surface area contributed by atoms with Crippen molar-refractivity contribution in [2.24, 2.45) is 5.92 Å². The SMILES string of the molecule is Cc1onc(-c2ccccc2)c1C(=O)N1CCCOc2cccc(c2)-c2nccn2CCNC(=O)[C@@H](CC(C)C)NC(=O)C1. The number of carbonyl (C=O) groups excluding carboxylic acids is 3. The average Bonchev–Trinajstić information content (AvgIpc) is 3.64. The van der Waals surface area contributed by atoms with Crippen LogP contribution < -0.4 is 15.4 Å². The second-order valence-electron chi connectivity index (χ2n) is 11.3. The Bertz CT molecular complexity index is 1590. The van der Waals surface area contributed by atoms with Gasteiger partial charge in [0.1, 0.15) is 34.6 Å². The summed E-state index contributed by atoms with van der Waals surface area (Å²) in [6.45, 7) is 6.82. The van der Waals surface area contributed by atoms with Gasteiger partial charge in [0.15, 0.2) is 0 Å². The number of rotatable bonds is 4. The Balaban J connectivity index is 1.43. The van der Waals surface area contributed by atoms with E-state index in [1.54, 1.807) is 13.1 Å². The summed E-state index contributed by atoms with van der Waals surface area (Å²) < 4.78 is 13.5. The number of hydrogen-bond acceptors (Lipinski definition) is 7. The van der Waals surface area contributed by atoms with Gasteiger partial charge in [-0.15, -0.1) is 0 Å². The van der Waals surface area contributed by atoms with Gasteiger partial charge in [-0.3, -0.25) is 14.4 Å². The smallest absolute Gasteiger partial charge is 0.260 e. The van der Waals surface area contributed by atoms with Crippen LogP contribution in [0.2, 0.25) is 0 Å². The summed E-state index contributed by atoms with van der Waals surface area (Å²) in [6, 6.07) is 16.2. The molecule has 0 aliphatic carbocycles. The molecular formula is C33H38N6O5. The minimum atomic E-state index is -0.752. The molecule has 1 aliphatic heterocycles. The third-order valence-electron chi connectivity index (χ3n) is 7.41. The highest BCUT2D eigenvalue weighted by atomic mass is 16.5. The molecule has 0 fully saturated rings. The summed E-state index contributed by atoms with van der Waals surface area (Å²) in [6.07, 6.45) is 4.50. The Morgan fingerprint density at radius 2 is 1.86 bits per heavy atom. The minimum Gasteiger partial charge on any atom is -0.494 e. The first-order valence-electron chi connectivity index (χ1n) is 14.9. The number of imidazole rings is 1. The maximum absolute atomic E-state index is 14.0. The highest BCUT2D eigenvalue weighted by molar-refractivity contribution is 6.02. The second-order valence-corrected chi connectivity index (χ2v) is 11.3. The van der Waals surface area contributed by atoms with E-state index in [-0.39, 0.29) is 30.8 Å². The molecule has 1 atom stereocenters. The Morgan fingerprint density at radius 3 is 2.66 bits per heavy atom. The Labute approximate surface area is 256 Å². The number of nitrogens with one attached hydrogen (secondary N) is 2. The number of hydrogen-bond donors (Lipinski definition) is 2. The van der Waals surface area contributed by atoms with E-state index in [0.717, 1.165) is 17.0 Å². The number of benzene rings is 2. The molecule has 5 rings (SSSR count). The van der Waals surface area contributed by atoms with E-state index in [4.69, 9.17) is 9.26 Å². The van der Waals surface area contributed by atoms with E-state index in [0.29, 0.717) is 55.3 Å². The fourth-order valence-corrected chi connectivity index (χ4v) is 5.29. The zero-order valence-electron chi connectivity index (χ0n) is 25.3. The molecule has 2 bridgehead atoms. The molecular weight excluding hydrogens is 560 g/mol. The highest BCUT2D eigenvalue weighted by Crippen LogP contribution is 2.27. The molecule has 0 unspecified atom stereocenters. The van der Waals surface area contributed by atoms with Crippen molar-refractivity contribution >= 4 is 17.7 Å². The predicted molar refractivity (Wildman–Crippen MR) is 165 cm³/mol. The molecule has 1 aliphatic rings. The molecule has 11 heteroatoms. The number of aryl methyl sites for hydroxylation is 1. The van der Waals surface area contributed by atoms with Crippen molar-refractivity contribution in [3.63, 3.8) is 0 Å². The quantitative estimate of drug-likeness (QED) is 0.362. The van der Waals surface area contributed by atoms with Crippen LogP contribution in [0.4, 0.5) is 0 Å². The molecule has 2 N–H and O–H groups in total. The van der Waals surface area contributed by atoms with Crippen LogP contribution in [0, 0.1) is 12.8 Å². The van der Waals surface area contributed by atoms with Gasteiger partial charge in [0, 0.05) is 43.2 Å². The zero-order chi connectivity index (χ0) is 31.1. The second kappa shape index (κ2) is 14.0. The van der Waals surface area contributed by atoms with Crippen LogP contribution in [0.3, 0.4) is 0 Å². The third kappa shape index (κ3) is 7.34. The summed E-state index contributed by atoms with van der Waals surface area (Å²) in [5.41, 5.74) is 2.33. The molecule has 3 heterocycles. The van der Waals surface area contributed by atoms with E-state index >= 15 is 0 Å². The van der Waals surface area contributed by atoms with E-state index in [1.165, 1.54) is 4.90 Å². The van der Waals surface area contributed by atoms with Crippen LogP contribution >= 0.6 is 0 Å². The van der Waals surface area contributed by atoms with Gasteiger partial charge in [0.25, 0.3) is 5.91 Å². The molecule has 0 spiro atoms. The Hall–Kier alpha value is -4.93. The lowest BCUT2D eigenvalue weighted by atomic mass is 10.0. The number of aromatic nitrogens is 3. The number of ether oxygens (including phenoxy) is 1. The molecule has 0 saturated carbocycles. The molecule has 3 amide bonds. The summed E-state index contributed by atoms with van der Waals surface area (Å²) in [4.78, 5) is 46.7.